The number of aliphatic hydroxyl groups is 1. The number of hydrogen-bond donors (Lipinski definition) is 1. The van der Waals surface area contributed by atoms with Crippen LogP contribution in [0.1, 0.15) is 53.9 Å². The fraction of sp³-hybridized carbons (Fsp3) is 0.242. The van der Waals surface area contributed by atoms with Gasteiger partial charge in [0.05, 0.1) is 23.9 Å². The van der Waals surface area contributed by atoms with E-state index in [0.29, 0.717) is 45.0 Å². The van der Waals surface area contributed by atoms with Crippen LogP contribution in [0.2, 0.25) is 0 Å². The topological polar surface area (TPSA) is 110 Å². The van der Waals surface area contributed by atoms with Crippen molar-refractivity contribution >= 4 is 51.3 Å². The third-order valence-corrected chi connectivity index (χ3v) is 9.55. The molecular formula is C33H31N5O4S2. The van der Waals surface area contributed by atoms with Gasteiger partial charge in [0, 0.05) is 11.9 Å². The molecule has 2 aromatic carbocycles. The first-order valence-corrected chi connectivity index (χ1v) is 16.2. The molecule has 1 aliphatic heterocycles. The molecule has 0 spiro atoms. The number of rotatable bonds is 10. The molecule has 44 heavy (non-hydrogen) atoms. The molecule has 5 aromatic rings. The number of aromatic nitrogens is 4. The van der Waals surface area contributed by atoms with Gasteiger partial charge in [0.1, 0.15) is 17.1 Å². The number of amides is 1. The smallest absolute Gasteiger partial charge is 0.301 e. The van der Waals surface area contributed by atoms with Crippen LogP contribution in [0.25, 0.3) is 11.4 Å². The molecule has 4 heterocycles. The van der Waals surface area contributed by atoms with E-state index < -0.39 is 17.7 Å². The van der Waals surface area contributed by atoms with Crippen molar-refractivity contribution in [2.24, 2.45) is 0 Å². The molecular weight excluding hydrogens is 595 g/mol. The van der Waals surface area contributed by atoms with Gasteiger partial charge in [-0.2, -0.15) is 0 Å². The number of carbonyl (C=O) groups is 2. The number of hydrogen-bond acceptors (Lipinski definition) is 9. The van der Waals surface area contributed by atoms with E-state index in [1.165, 1.54) is 33.6 Å². The predicted molar refractivity (Wildman–Crippen MR) is 172 cm³/mol. The van der Waals surface area contributed by atoms with Gasteiger partial charge in [-0.25, -0.2) is 4.98 Å². The Hall–Kier alpha value is -4.48. The van der Waals surface area contributed by atoms with Gasteiger partial charge in [0.15, 0.2) is 10.1 Å². The normalized spacial score (nSPS) is 16.2. The largest absolute Gasteiger partial charge is 0.505 e. The lowest BCUT2D eigenvalue weighted by molar-refractivity contribution is -0.132. The van der Waals surface area contributed by atoms with Crippen LogP contribution in [-0.2, 0) is 15.3 Å². The second kappa shape index (κ2) is 12.6. The lowest BCUT2D eigenvalue weighted by Crippen LogP contribution is -2.29. The zero-order valence-corrected chi connectivity index (χ0v) is 26.2. The van der Waals surface area contributed by atoms with E-state index in [-0.39, 0.29) is 16.5 Å². The quantitative estimate of drug-likeness (QED) is 0.0446. The van der Waals surface area contributed by atoms with E-state index in [9.17, 15) is 14.7 Å². The molecule has 1 atom stereocenters. The zero-order valence-electron chi connectivity index (χ0n) is 24.6. The second-order valence-corrected chi connectivity index (χ2v) is 12.7. The number of benzene rings is 2. The van der Waals surface area contributed by atoms with Gasteiger partial charge >= 0.3 is 5.91 Å². The number of aliphatic hydroxyl groups excluding tert-OH is 1. The van der Waals surface area contributed by atoms with E-state index in [2.05, 4.69) is 46.4 Å². The Morgan fingerprint density at radius 1 is 1.02 bits per heavy atom. The summed E-state index contributed by atoms with van der Waals surface area (Å²) in [5, 5.41) is 20.7. The minimum Gasteiger partial charge on any atom is -0.505 e. The fourth-order valence-corrected chi connectivity index (χ4v) is 6.96. The highest BCUT2D eigenvalue weighted by Crippen LogP contribution is 2.44. The molecule has 1 unspecified atom stereocenters. The van der Waals surface area contributed by atoms with Gasteiger partial charge in [0.2, 0.25) is 5.13 Å². The molecule has 6 rings (SSSR count). The molecule has 1 saturated heterocycles. The second-order valence-electron chi connectivity index (χ2n) is 10.5. The van der Waals surface area contributed by atoms with Gasteiger partial charge < -0.3 is 9.84 Å². The minimum atomic E-state index is -0.934. The Morgan fingerprint density at radius 3 is 2.55 bits per heavy atom. The molecule has 1 N–H and O–H groups in total. The summed E-state index contributed by atoms with van der Waals surface area (Å²) in [4.78, 5) is 33.3. The fourth-order valence-electron chi connectivity index (χ4n) is 5.14. The number of pyridine rings is 1. The molecule has 0 saturated carbocycles. The number of carbonyl (C=O) groups excluding carboxylic acids is 2. The van der Waals surface area contributed by atoms with Gasteiger partial charge in [-0.05, 0) is 55.7 Å². The zero-order chi connectivity index (χ0) is 30.8. The summed E-state index contributed by atoms with van der Waals surface area (Å²) in [6, 6.07) is 20.1. The number of anilines is 1. The maximum absolute atomic E-state index is 13.7. The van der Waals surface area contributed by atoms with Gasteiger partial charge in [0.25, 0.3) is 5.78 Å². The first kappa shape index (κ1) is 29.6. The lowest BCUT2D eigenvalue weighted by atomic mass is 9.96. The summed E-state index contributed by atoms with van der Waals surface area (Å²) in [5.74, 6) is -0.511. The van der Waals surface area contributed by atoms with Crippen molar-refractivity contribution in [1.29, 1.82) is 0 Å². The van der Waals surface area contributed by atoms with Crippen molar-refractivity contribution in [2.75, 3.05) is 11.5 Å². The van der Waals surface area contributed by atoms with E-state index >= 15 is 0 Å². The summed E-state index contributed by atoms with van der Waals surface area (Å²) in [6.07, 6.45) is 3.71. The third kappa shape index (κ3) is 5.72. The van der Waals surface area contributed by atoms with Gasteiger partial charge in [-0.3, -0.25) is 18.9 Å². The average molecular weight is 626 g/mol. The number of aryl methyl sites for hydroxylation is 2. The Labute approximate surface area is 263 Å². The number of ketones is 1. The van der Waals surface area contributed by atoms with Crippen molar-refractivity contribution in [1.82, 2.24) is 19.6 Å². The number of imidazole rings is 1. The Balaban J connectivity index is 1.40. The molecule has 224 valence electrons. The average Bonchev–Trinajstić information content (AvgIpc) is 3.70. The number of nitrogens with zero attached hydrogens (tertiary/aromatic N) is 5. The van der Waals surface area contributed by atoms with Crippen LogP contribution < -0.4 is 9.64 Å². The number of thioether (sulfide) groups is 1. The number of Topliss-reactive ketones (excluding diaryl/α,β-unsaturated/α-hetero) is 1. The van der Waals surface area contributed by atoms with Crippen LogP contribution in [-0.4, -0.2) is 43.0 Å². The van der Waals surface area contributed by atoms with Crippen molar-refractivity contribution in [3.05, 3.63) is 107 Å². The molecule has 1 fully saturated rings. The maximum Gasteiger partial charge on any atom is 0.301 e. The highest BCUT2D eigenvalue weighted by atomic mass is 32.2. The number of unbranched alkanes of at least 4 members (excludes halogenated alkanes) is 1. The summed E-state index contributed by atoms with van der Waals surface area (Å²) < 4.78 is 8.22. The summed E-state index contributed by atoms with van der Waals surface area (Å²) in [5.41, 5.74) is 4.43. The standard InChI is InChI=1S/C33H31N5O4S2/c1-4-5-18-42-24-15-13-23(14-16-24)28-26(29(39)27-21(3)34-25-8-6-7-17-37(25)27)30(40)31(41)38(28)32-35-36-33(44-32)43-19-22-11-9-20(2)10-12-22/h6-17,28,39H,4-5,18-19H2,1-3H3. The molecule has 3 aromatic heterocycles. The molecule has 1 aliphatic rings. The Morgan fingerprint density at radius 2 is 1.80 bits per heavy atom. The summed E-state index contributed by atoms with van der Waals surface area (Å²) in [6.45, 7) is 6.50. The molecule has 0 aliphatic carbocycles. The van der Waals surface area contributed by atoms with Crippen LogP contribution >= 0.6 is 23.1 Å². The monoisotopic (exact) mass is 625 g/mol. The SMILES string of the molecule is CCCCOc1ccc(C2C(=C(O)c3c(C)nc4ccccn34)C(=O)C(=O)N2c2nnc(SCc3ccc(C)cc3)s2)cc1. The van der Waals surface area contributed by atoms with Crippen molar-refractivity contribution in [3.63, 3.8) is 0 Å². The first-order valence-electron chi connectivity index (χ1n) is 14.4. The van der Waals surface area contributed by atoms with Crippen molar-refractivity contribution < 1.29 is 19.4 Å². The van der Waals surface area contributed by atoms with E-state index in [0.717, 1.165) is 18.4 Å². The van der Waals surface area contributed by atoms with Crippen molar-refractivity contribution in [2.45, 2.75) is 49.7 Å². The molecule has 11 heteroatoms. The molecule has 0 bridgehead atoms. The van der Waals surface area contributed by atoms with Gasteiger partial charge in [-0.1, -0.05) is 84.5 Å². The highest BCUT2D eigenvalue weighted by molar-refractivity contribution is 8.00. The molecule has 1 amide bonds. The predicted octanol–water partition coefficient (Wildman–Crippen LogP) is 6.90. The Bertz CT molecular complexity index is 1860. The van der Waals surface area contributed by atoms with Gasteiger partial charge in [-0.15, -0.1) is 10.2 Å². The number of fused-ring (bicyclic) bond motifs is 1. The van der Waals surface area contributed by atoms with E-state index in [1.54, 1.807) is 17.5 Å². The third-order valence-electron chi connectivity index (χ3n) is 7.42. The van der Waals surface area contributed by atoms with Crippen LogP contribution in [0.3, 0.4) is 0 Å². The first-order chi connectivity index (χ1) is 21.4. The summed E-state index contributed by atoms with van der Waals surface area (Å²) in [7, 11) is 0. The lowest BCUT2D eigenvalue weighted by Gasteiger charge is -2.22. The van der Waals surface area contributed by atoms with Crippen LogP contribution in [0.4, 0.5) is 5.13 Å². The summed E-state index contributed by atoms with van der Waals surface area (Å²) >= 11 is 2.75. The van der Waals surface area contributed by atoms with Crippen LogP contribution in [0.5, 0.6) is 5.75 Å². The number of ether oxygens (including phenoxy) is 1. The minimum absolute atomic E-state index is 0.0348. The Kier molecular flexibility index (Phi) is 8.49. The van der Waals surface area contributed by atoms with Crippen LogP contribution in [0.15, 0.2) is 82.8 Å². The van der Waals surface area contributed by atoms with E-state index in [4.69, 9.17) is 4.74 Å². The van der Waals surface area contributed by atoms with Crippen molar-refractivity contribution in [3.8, 4) is 5.75 Å². The molecule has 9 nitrogen and oxygen atoms in total. The maximum atomic E-state index is 13.7. The molecule has 0 radical (unpaired) electrons. The van der Waals surface area contributed by atoms with Crippen LogP contribution in [0, 0.1) is 13.8 Å². The highest BCUT2D eigenvalue weighted by Gasteiger charge is 2.49. The van der Waals surface area contributed by atoms with E-state index in [1.807, 2.05) is 49.4 Å².